The van der Waals surface area contributed by atoms with Gasteiger partial charge in [-0.05, 0) is 20.8 Å². The number of likely N-dealkylation sites (N-methyl/N-ethyl adjacent to an activating group) is 1. The molecule has 0 amide bonds. The molecule has 1 N–H and O–H groups in total. The smallest absolute Gasteiger partial charge is 0.321 e. The highest BCUT2D eigenvalue weighted by Crippen LogP contribution is 2.20. The van der Waals surface area contributed by atoms with Gasteiger partial charge in [0.1, 0.15) is 11.4 Å². The molecule has 0 saturated heterocycles. The molecule has 0 aromatic carbocycles. The van der Waals surface area contributed by atoms with Crippen LogP contribution in [-0.4, -0.2) is 49.1 Å². The maximum atomic E-state index is 12.2. The van der Waals surface area contributed by atoms with Crippen molar-refractivity contribution in [2.45, 2.75) is 25.7 Å². The molecule has 1 heterocycles. The standard InChI is InChI=1S/C10H17N3O4S/c1-5-17-9(14)6-13(4)18(15,16)10-7(2)11-12-8(10)3/h5-6H2,1-4H3,(H,11,12). The van der Waals surface area contributed by atoms with Gasteiger partial charge < -0.3 is 4.74 Å². The highest BCUT2D eigenvalue weighted by Gasteiger charge is 2.28. The number of aromatic nitrogens is 2. The van der Waals surface area contributed by atoms with Crippen molar-refractivity contribution in [3.05, 3.63) is 11.4 Å². The second-order valence-electron chi connectivity index (χ2n) is 3.83. The summed E-state index contributed by atoms with van der Waals surface area (Å²) in [6, 6.07) is 0. The number of aryl methyl sites for hydroxylation is 2. The average molecular weight is 275 g/mol. The van der Waals surface area contributed by atoms with E-state index in [2.05, 4.69) is 10.2 Å². The maximum absolute atomic E-state index is 12.2. The Balaban J connectivity index is 2.97. The summed E-state index contributed by atoms with van der Waals surface area (Å²) in [5.74, 6) is -0.581. The van der Waals surface area contributed by atoms with Crippen molar-refractivity contribution in [1.29, 1.82) is 0 Å². The van der Waals surface area contributed by atoms with Gasteiger partial charge in [-0.25, -0.2) is 8.42 Å². The molecule has 1 rings (SSSR count). The molecule has 1 aromatic heterocycles. The molecule has 7 nitrogen and oxygen atoms in total. The van der Waals surface area contributed by atoms with E-state index in [-0.39, 0.29) is 18.0 Å². The Morgan fingerprint density at radius 2 is 2.06 bits per heavy atom. The molecular formula is C10H17N3O4S. The predicted molar refractivity (Wildman–Crippen MR) is 64.5 cm³/mol. The number of carbonyl (C=O) groups is 1. The van der Waals surface area contributed by atoms with Gasteiger partial charge in [0.15, 0.2) is 0 Å². The highest BCUT2D eigenvalue weighted by atomic mass is 32.2. The molecule has 0 atom stereocenters. The van der Waals surface area contributed by atoms with Gasteiger partial charge in [0.2, 0.25) is 10.0 Å². The Bertz CT molecular complexity index is 516. The predicted octanol–water partition coefficient (Wildman–Crippen LogP) is 0.210. The van der Waals surface area contributed by atoms with Gasteiger partial charge in [-0.15, -0.1) is 0 Å². The minimum Gasteiger partial charge on any atom is -0.465 e. The van der Waals surface area contributed by atoms with E-state index in [0.29, 0.717) is 11.4 Å². The number of sulfonamides is 1. The van der Waals surface area contributed by atoms with Crippen LogP contribution in [0.1, 0.15) is 18.3 Å². The molecule has 0 spiro atoms. The lowest BCUT2D eigenvalue weighted by Gasteiger charge is -2.16. The number of H-pyrrole nitrogens is 1. The summed E-state index contributed by atoms with van der Waals surface area (Å²) in [6.45, 7) is 4.77. The van der Waals surface area contributed by atoms with Crippen molar-refractivity contribution in [1.82, 2.24) is 14.5 Å². The van der Waals surface area contributed by atoms with Crippen molar-refractivity contribution in [3.8, 4) is 0 Å². The number of nitrogens with zero attached hydrogens (tertiary/aromatic N) is 2. The second kappa shape index (κ2) is 5.49. The Morgan fingerprint density at radius 1 is 1.44 bits per heavy atom. The van der Waals surface area contributed by atoms with Crippen LogP contribution < -0.4 is 0 Å². The normalized spacial score (nSPS) is 11.8. The molecule has 0 bridgehead atoms. The van der Waals surface area contributed by atoms with E-state index in [1.165, 1.54) is 7.05 Å². The van der Waals surface area contributed by atoms with Gasteiger partial charge in [0.05, 0.1) is 18.0 Å². The number of rotatable bonds is 5. The summed E-state index contributed by atoms with van der Waals surface area (Å²) >= 11 is 0. The molecule has 102 valence electrons. The van der Waals surface area contributed by atoms with Crippen molar-refractivity contribution in [2.75, 3.05) is 20.2 Å². The number of hydrogen-bond donors (Lipinski definition) is 1. The van der Waals surface area contributed by atoms with Crippen LogP contribution in [0, 0.1) is 13.8 Å². The van der Waals surface area contributed by atoms with Crippen LogP contribution in [0.4, 0.5) is 0 Å². The Hall–Kier alpha value is -1.41. The van der Waals surface area contributed by atoms with Gasteiger partial charge >= 0.3 is 5.97 Å². The lowest BCUT2D eigenvalue weighted by atomic mass is 10.4. The van der Waals surface area contributed by atoms with Crippen LogP contribution in [0.15, 0.2) is 4.90 Å². The fourth-order valence-electron chi connectivity index (χ4n) is 1.55. The first-order valence-corrected chi connectivity index (χ1v) is 6.88. The van der Waals surface area contributed by atoms with Crippen LogP contribution in [-0.2, 0) is 19.6 Å². The first-order chi connectivity index (χ1) is 8.30. The minimum atomic E-state index is -3.73. The van der Waals surface area contributed by atoms with Crippen molar-refractivity contribution >= 4 is 16.0 Å². The SMILES string of the molecule is CCOC(=O)CN(C)S(=O)(=O)c1c(C)n[nH]c1C. The second-order valence-corrected chi connectivity index (χ2v) is 5.81. The molecular weight excluding hydrogens is 258 g/mol. The summed E-state index contributed by atoms with van der Waals surface area (Å²) in [6.07, 6.45) is 0. The van der Waals surface area contributed by atoms with Crippen LogP contribution in [0.25, 0.3) is 0 Å². The van der Waals surface area contributed by atoms with Gasteiger partial charge in [0, 0.05) is 7.05 Å². The number of hydrogen-bond acceptors (Lipinski definition) is 5. The number of nitrogens with one attached hydrogen (secondary N) is 1. The summed E-state index contributed by atoms with van der Waals surface area (Å²) in [5, 5.41) is 6.44. The monoisotopic (exact) mass is 275 g/mol. The largest absolute Gasteiger partial charge is 0.465 e. The van der Waals surface area contributed by atoms with Crippen LogP contribution >= 0.6 is 0 Å². The van der Waals surface area contributed by atoms with E-state index in [4.69, 9.17) is 4.74 Å². The molecule has 0 radical (unpaired) electrons. The minimum absolute atomic E-state index is 0.106. The highest BCUT2D eigenvalue weighted by molar-refractivity contribution is 7.89. The van der Waals surface area contributed by atoms with Crippen LogP contribution in [0.2, 0.25) is 0 Å². The third kappa shape index (κ3) is 2.88. The molecule has 8 heteroatoms. The Labute approximate surface area is 106 Å². The summed E-state index contributed by atoms with van der Waals surface area (Å²) < 4.78 is 30.1. The molecule has 0 fully saturated rings. The third-order valence-electron chi connectivity index (χ3n) is 2.39. The maximum Gasteiger partial charge on any atom is 0.321 e. The molecule has 0 saturated carbocycles. The molecule has 18 heavy (non-hydrogen) atoms. The summed E-state index contributed by atoms with van der Waals surface area (Å²) in [4.78, 5) is 11.4. The number of ether oxygens (including phenoxy) is 1. The van der Waals surface area contributed by atoms with E-state index in [9.17, 15) is 13.2 Å². The first-order valence-electron chi connectivity index (χ1n) is 5.44. The van der Waals surface area contributed by atoms with E-state index < -0.39 is 16.0 Å². The zero-order chi connectivity index (χ0) is 13.9. The lowest BCUT2D eigenvalue weighted by Crippen LogP contribution is -2.33. The molecule has 0 aliphatic carbocycles. The average Bonchev–Trinajstić information content (AvgIpc) is 2.59. The van der Waals surface area contributed by atoms with E-state index >= 15 is 0 Å². The molecule has 1 aromatic rings. The van der Waals surface area contributed by atoms with Gasteiger partial charge in [0.25, 0.3) is 0 Å². The quantitative estimate of drug-likeness (QED) is 0.775. The fraction of sp³-hybridized carbons (Fsp3) is 0.600. The van der Waals surface area contributed by atoms with Crippen molar-refractivity contribution < 1.29 is 17.9 Å². The van der Waals surface area contributed by atoms with Crippen LogP contribution in [0.3, 0.4) is 0 Å². The first kappa shape index (κ1) is 14.7. The van der Waals surface area contributed by atoms with Gasteiger partial charge in [-0.1, -0.05) is 0 Å². The van der Waals surface area contributed by atoms with E-state index in [1.807, 2.05) is 0 Å². The summed E-state index contributed by atoms with van der Waals surface area (Å²) in [5.41, 5.74) is 0.825. The Kier molecular flexibility index (Phi) is 4.47. The third-order valence-corrected chi connectivity index (χ3v) is 4.45. The van der Waals surface area contributed by atoms with Gasteiger partial charge in [-0.2, -0.15) is 9.40 Å². The number of esters is 1. The molecule has 0 aliphatic heterocycles. The fourth-order valence-corrected chi connectivity index (χ4v) is 2.99. The van der Waals surface area contributed by atoms with Crippen molar-refractivity contribution in [3.63, 3.8) is 0 Å². The van der Waals surface area contributed by atoms with Crippen molar-refractivity contribution in [2.24, 2.45) is 0 Å². The van der Waals surface area contributed by atoms with E-state index in [1.54, 1.807) is 20.8 Å². The number of aromatic amines is 1. The van der Waals surface area contributed by atoms with Gasteiger partial charge in [-0.3, -0.25) is 9.89 Å². The zero-order valence-electron chi connectivity index (χ0n) is 10.8. The topological polar surface area (TPSA) is 92.4 Å². The van der Waals surface area contributed by atoms with Crippen LogP contribution in [0.5, 0.6) is 0 Å². The molecule has 0 aliphatic rings. The number of carbonyl (C=O) groups excluding carboxylic acids is 1. The zero-order valence-corrected chi connectivity index (χ0v) is 11.7. The van der Waals surface area contributed by atoms with E-state index in [0.717, 1.165) is 4.31 Å². The molecule has 0 unspecified atom stereocenters. The summed E-state index contributed by atoms with van der Waals surface area (Å²) in [7, 11) is -2.40. The lowest BCUT2D eigenvalue weighted by molar-refractivity contribution is -0.143. The Morgan fingerprint density at radius 3 is 2.50 bits per heavy atom.